The van der Waals surface area contributed by atoms with Gasteiger partial charge in [0.15, 0.2) is 0 Å². The molecule has 1 N–H and O–H groups in total. The Kier molecular flexibility index (Phi) is 5.10. The first-order valence-corrected chi connectivity index (χ1v) is 9.15. The maximum absolute atomic E-state index is 13.2. The molecule has 1 heterocycles. The fourth-order valence-electron chi connectivity index (χ4n) is 2.78. The molecule has 0 saturated carbocycles. The number of nitrogens with zero attached hydrogens (tertiary/aromatic N) is 2. The summed E-state index contributed by atoms with van der Waals surface area (Å²) < 4.78 is 19.0. The van der Waals surface area contributed by atoms with Crippen molar-refractivity contribution in [1.29, 1.82) is 0 Å². The lowest BCUT2D eigenvalue weighted by Gasteiger charge is -2.06. The summed E-state index contributed by atoms with van der Waals surface area (Å²) in [5, 5.41) is 10.8. The van der Waals surface area contributed by atoms with Crippen LogP contribution in [0, 0.1) is 12.7 Å². The number of hydrogen-bond acceptors (Lipinski definition) is 4. The third kappa shape index (κ3) is 4.17. The number of benzene rings is 3. The van der Waals surface area contributed by atoms with Crippen molar-refractivity contribution in [3.63, 3.8) is 0 Å². The van der Waals surface area contributed by atoms with E-state index in [-0.39, 0.29) is 10.9 Å². The van der Waals surface area contributed by atoms with Gasteiger partial charge in [-0.3, -0.25) is 4.79 Å². The normalized spacial score (nSPS) is 10.7. The van der Waals surface area contributed by atoms with Crippen LogP contribution in [0.4, 0.5) is 10.1 Å². The van der Waals surface area contributed by atoms with Gasteiger partial charge in [-0.1, -0.05) is 29.3 Å². The number of aryl methyl sites for hydroxylation is 1. The van der Waals surface area contributed by atoms with Gasteiger partial charge in [-0.15, -0.1) is 10.2 Å². The minimum absolute atomic E-state index is 0.0565. The van der Waals surface area contributed by atoms with E-state index in [2.05, 4.69) is 15.5 Å². The standard InChI is InChI=1S/C22H15ClFN3O2/c1-13-3-2-4-16(11-13)22-27-26-21(29-22)15-7-5-14(6-8-15)20(28)25-17-9-10-19(24)18(23)12-17/h2-12H,1H3,(H,25,28). The Hall–Kier alpha value is -3.51. The zero-order valence-corrected chi connectivity index (χ0v) is 16.1. The maximum atomic E-state index is 13.2. The van der Waals surface area contributed by atoms with E-state index in [1.54, 1.807) is 24.3 Å². The van der Waals surface area contributed by atoms with Crippen molar-refractivity contribution in [3.8, 4) is 22.9 Å². The summed E-state index contributed by atoms with van der Waals surface area (Å²) in [7, 11) is 0. The quantitative estimate of drug-likeness (QED) is 0.467. The molecule has 29 heavy (non-hydrogen) atoms. The first kappa shape index (κ1) is 18.8. The third-order valence-electron chi connectivity index (χ3n) is 4.26. The van der Waals surface area contributed by atoms with Crippen LogP contribution in [0.1, 0.15) is 15.9 Å². The molecule has 1 amide bonds. The lowest BCUT2D eigenvalue weighted by atomic mass is 10.1. The van der Waals surface area contributed by atoms with E-state index in [1.807, 2.05) is 31.2 Å². The lowest BCUT2D eigenvalue weighted by Crippen LogP contribution is -2.11. The molecule has 0 aliphatic carbocycles. The van der Waals surface area contributed by atoms with Gasteiger partial charge >= 0.3 is 0 Å². The van der Waals surface area contributed by atoms with Crippen molar-refractivity contribution in [3.05, 3.63) is 88.7 Å². The van der Waals surface area contributed by atoms with E-state index in [9.17, 15) is 9.18 Å². The second-order valence-corrected chi connectivity index (χ2v) is 6.85. The summed E-state index contributed by atoms with van der Waals surface area (Å²) >= 11 is 5.74. The number of rotatable bonds is 4. The van der Waals surface area contributed by atoms with E-state index in [1.165, 1.54) is 18.2 Å². The molecule has 7 heteroatoms. The number of hydrogen-bond donors (Lipinski definition) is 1. The van der Waals surface area contributed by atoms with Gasteiger partial charge in [0.1, 0.15) is 5.82 Å². The van der Waals surface area contributed by atoms with Crippen LogP contribution < -0.4 is 5.32 Å². The van der Waals surface area contributed by atoms with Gasteiger partial charge in [-0.2, -0.15) is 0 Å². The molecule has 3 aromatic carbocycles. The second-order valence-electron chi connectivity index (χ2n) is 6.44. The highest BCUT2D eigenvalue weighted by molar-refractivity contribution is 6.31. The Bertz CT molecular complexity index is 1190. The number of aromatic nitrogens is 2. The maximum Gasteiger partial charge on any atom is 0.255 e. The number of halogens is 2. The van der Waals surface area contributed by atoms with Gasteiger partial charge < -0.3 is 9.73 Å². The van der Waals surface area contributed by atoms with Gasteiger partial charge in [-0.25, -0.2) is 4.39 Å². The van der Waals surface area contributed by atoms with Gasteiger partial charge in [0.25, 0.3) is 5.91 Å². The number of amides is 1. The molecule has 4 rings (SSSR count). The van der Waals surface area contributed by atoms with Crippen LogP contribution >= 0.6 is 11.6 Å². The summed E-state index contributed by atoms with van der Waals surface area (Å²) in [6, 6.07) is 18.5. The van der Waals surface area contributed by atoms with Crippen molar-refractivity contribution in [2.75, 3.05) is 5.32 Å². The number of carbonyl (C=O) groups excluding carboxylic acids is 1. The minimum Gasteiger partial charge on any atom is -0.416 e. The summed E-state index contributed by atoms with van der Waals surface area (Å²) in [5.74, 6) is -0.0960. The van der Waals surface area contributed by atoms with E-state index < -0.39 is 5.82 Å². The molecule has 0 atom stereocenters. The fourth-order valence-corrected chi connectivity index (χ4v) is 2.96. The molecular formula is C22H15ClFN3O2. The SMILES string of the molecule is Cc1cccc(-c2nnc(-c3ccc(C(=O)Nc4ccc(F)c(Cl)c4)cc3)o2)c1. The van der Waals surface area contributed by atoms with E-state index in [4.69, 9.17) is 16.0 Å². The van der Waals surface area contributed by atoms with Crippen LogP contribution in [0.5, 0.6) is 0 Å². The Balaban J connectivity index is 1.50. The highest BCUT2D eigenvalue weighted by atomic mass is 35.5. The average Bonchev–Trinajstić information content (AvgIpc) is 3.21. The third-order valence-corrected chi connectivity index (χ3v) is 4.55. The minimum atomic E-state index is -0.543. The first-order valence-electron chi connectivity index (χ1n) is 8.77. The van der Waals surface area contributed by atoms with Crippen molar-refractivity contribution in [2.45, 2.75) is 6.92 Å². The molecule has 0 spiro atoms. The van der Waals surface area contributed by atoms with Crippen LogP contribution in [0.2, 0.25) is 5.02 Å². The Morgan fingerprint density at radius 2 is 1.69 bits per heavy atom. The van der Waals surface area contributed by atoms with Gasteiger partial charge in [0.05, 0.1) is 5.02 Å². The zero-order chi connectivity index (χ0) is 20.4. The largest absolute Gasteiger partial charge is 0.416 e. The summed E-state index contributed by atoms with van der Waals surface area (Å²) in [5.41, 5.74) is 3.47. The van der Waals surface area contributed by atoms with Crippen LogP contribution in [-0.4, -0.2) is 16.1 Å². The van der Waals surface area contributed by atoms with E-state index >= 15 is 0 Å². The van der Waals surface area contributed by atoms with Gasteiger partial charge in [0.2, 0.25) is 11.8 Å². The van der Waals surface area contributed by atoms with Crippen LogP contribution in [0.3, 0.4) is 0 Å². The lowest BCUT2D eigenvalue weighted by molar-refractivity contribution is 0.102. The average molecular weight is 408 g/mol. The molecule has 4 aromatic rings. The number of nitrogens with one attached hydrogen (secondary N) is 1. The highest BCUT2D eigenvalue weighted by Gasteiger charge is 2.12. The van der Waals surface area contributed by atoms with Crippen molar-refractivity contribution in [2.24, 2.45) is 0 Å². The fraction of sp³-hybridized carbons (Fsp3) is 0.0455. The molecule has 0 saturated heterocycles. The van der Waals surface area contributed by atoms with Crippen LogP contribution in [-0.2, 0) is 0 Å². The molecule has 0 aliphatic rings. The first-order chi connectivity index (χ1) is 14.0. The summed E-state index contributed by atoms with van der Waals surface area (Å²) in [6.07, 6.45) is 0. The van der Waals surface area contributed by atoms with Gasteiger partial charge in [-0.05, 0) is 61.5 Å². The Morgan fingerprint density at radius 1 is 0.966 bits per heavy atom. The predicted octanol–water partition coefficient (Wildman–Crippen LogP) is 5.76. The molecule has 0 radical (unpaired) electrons. The summed E-state index contributed by atoms with van der Waals surface area (Å²) in [4.78, 5) is 12.4. The van der Waals surface area contributed by atoms with Crippen molar-refractivity contribution >= 4 is 23.2 Å². The second kappa shape index (κ2) is 7.85. The molecule has 0 unspecified atom stereocenters. The monoisotopic (exact) mass is 407 g/mol. The highest BCUT2D eigenvalue weighted by Crippen LogP contribution is 2.25. The van der Waals surface area contributed by atoms with E-state index in [0.717, 1.165) is 11.1 Å². The predicted molar refractivity (Wildman–Crippen MR) is 109 cm³/mol. The molecule has 144 valence electrons. The van der Waals surface area contributed by atoms with Gasteiger partial charge in [0, 0.05) is 22.4 Å². The topological polar surface area (TPSA) is 68.0 Å². The zero-order valence-electron chi connectivity index (χ0n) is 15.3. The molecular weight excluding hydrogens is 393 g/mol. The van der Waals surface area contributed by atoms with Crippen LogP contribution in [0.25, 0.3) is 22.9 Å². The van der Waals surface area contributed by atoms with Crippen molar-refractivity contribution in [1.82, 2.24) is 10.2 Å². The Labute approximate surface area is 171 Å². The smallest absolute Gasteiger partial charge is 0.255 e. The molecule has 0 bridgehead atoms. The molecule has 1 aromatic heterocycles. The van der Waals surface area contributed by atoms with E-state index in [0.29, 0.717) is 28.6 Å². The number of anilines is 1. The molecule has 5 nitrogen and oxygen atoms in total. The van der Waals surface area contributed by atoms with Crippen molar-refractivity contribution < 1.29 is 13.6 Å². The number of carbonyl (C=O) groups is 1. The summed E-state index contributed by atoms with van der Waals surface area (Å²) in [6.45, 7) is 1.99. The molecule has 0 aliphatic heterocycles. The van der Waals surface area contributed by atoms with Crippen LogP contribution in [0.15, 0.2) is 71.1 Å². The Morgan fingerprint density at radius 3 is 2.38 bits per heavy atom. The molecule has 0 fully saturated rings.